The summed E-state index contributed by atoms with van der Waals surface area (Å²) in [6.07, 6.45) is 4.90. The summed E-state index contributed by atoms with van der Waals surface area (Å²) in [5.74, 6) is -0.725. The van der Waals surface area contributed by atoms with Gasteiger partial charge in [0.05, 0.1) is 46.7 Å². The summed E-state index contributed by atoms with van der Waals surface area (Å²) < 4.78 is 53.1. The van der Waals surface area contributed by atoms with Crippen molar-refractivity contribution in [2.24, 2.45) is 0 Å². The van der Waals surface area contributed by atoms with Crippen molar-refractivity contribution in [1.82, 2.24) is 15.0 Å². The smallest absolute Gasteiger partial charge is 0.237 e. The number of benzene rings is 1. The molecule has 0 spiro atoms. The average Bonchev–Trinajstić information content (AvgIpc) is 3.66. The van der Waals surface area contributed by atoms with Gasteiger partial charge in [-0.15, -0.1) is 11.3 Å². The quantitative estimate of drug-likeness (QED) is 0.414. The Balaban J connectivity index is 1.37. The third-order valence-corrected chi connectivity index (χ3v) is 9.10. The summed E-state index contributed by atoms with van der Waals surface area (Å²) in [6.45, 7) is 2.90. The van der Waals surface area contributed by atoms with Gasteiger partial charge >= 0.3 is 0 Å². The van der Waals surface area contributed by atoms with Crippen LogP contribution in [-0.4, -0.2) is 54.3 Å². The maximum atomic E-state index is 15.1. The van der Waals surface area contributed by atoms with E-state index < -0.39 is 32.4 Å². The van der Waals surface area contributed by atoms with Gasteiger partial charge in [0.1, 0.15) is 5.82 Å². The molecule has 2 aliphatic rings. The van der Waals surface area contributed by atoms with E-state index in [4.69, 9.17) is 9.47 Å². The molecule has 0 unspecified atom stereocenters. The van der Waals surface area contributed by atoms with Gasteiger partial charge in [0.2, 0.25) is 21.8 Å². The molecular formula is C24H26FN5O5S2. The molecule has 0 radical (unpaired) electrons. The third-order valence-electron chi connectivity index (χ3n) is 6.39. The number of amides is 1. The lowest BCUT2D eigenvalue weighted by Crippen LogP contribution is -2.45. The minimum absolute atomic E-state index is 0.0124. The van der Waals surface area contributed by atoms with E-state index in [1.807, 2.05) is 6.92 Å². The second-order valence-corrected chi connectivity index (χ2v) is 11.7. The van der Waals surface area contributed by atoms with Crippen molar-refractivity contribution in [3.8, 4) is 17.1 Å². The van der Waals surface area contributed by atoms with Crippen LogP contribution in [0.3, 0.4) is 0 Å². The number of hydrogen-bond acceptors (Lipinski definition) is 9. The molecule has 3 aromatic rings. The summed E-state index contributed by atoms with van der Waals surface area (Å²) in [5, 5.41) is 4.22. The Labute approximate surface area is 217 Å². The van der Waals surface area contributed by atoms with Gasteiger partial charge < -0.3 is 14.8 Å². The molecule has 3 heterocycles. The summed E-state index contributed by atoms with van der Waals surface area (Å²) in [6, 6.07) is 4.39. The van der Waals surface area contributed by atoms with E-state index >= 15 is 4.39 Å². The number of ether oxygens (including phenoxy) is 2. The van der Waals surface area contributed by atoms with Crippen LogP contribution in [0.1, 0.15) is 38.3 Å². The molecule has 5 rings (SSSR count). The first-order valence-corrected chi connectivity index (χ1v) is 14.3. The molecule has 2 N–H and O–H groups in total. The van der Waals surface area contributed by atoms with Crippen LogP contribution in [0.25, 0.3) is 11.3 Å². The molecular weight excluding hydrogens is 521 g/mol. The van der Waals surface area contributed by atoms with Crippen molar-refractivity contribution in [2.75, 3.05) is 29.9 Å². The van der Waals surface area contributed by atoms with Crippen LogP contribution in [0.4, 0.5) is 15.2 Å². The van der Waals surface area contributed by atoms with Crippen LogP contribution >= 0.6 is 11.3 Å². The third kappa shape index (κ3) is 5.43. The Morgan fingerprint density at radius 3 is 2.73 bits per heavy atom. The fourth-order valence-electron chi connectivity index (χ4n) is 4.17. The second-order valence-electron chi connectivity index (χ2n) is 8.90. The first-order valence-electron chi connectivity index (χ1n) is 11.9. The first-order chi connectivity index (χ1) is 17.8. The predicted molar refractivity (Wildman–Crippen MR) is 137 cm³/mol. The van der Waals surface area contributed by atoms with Crippen molar-refractivity contribution in [3.63, 3.8) is 0 Å². The molecule has 2 aromatic heterocycles. The van der Waals surface area contributed by atoms with Crippen molar-refractivity contribution in [1.29, 1.82) is 0 Å². The number of carbonyl (C=O) groups is 1. The summed E-state index contributed by atoms with van der Waals surface area (Å²) in [5.41, 5.74) is 0.287. The number of nitrogens with zero attached hydrogens (tertiary/aromatic N) is 3. The zero-order valence-electron chi connectivity index (χ0n) is 20.1. The van der Waals surface area contributed by atoms with E-state index in [9.17, 15) is 13.2 Å². The van der Waals surface area contributed by atoms with Gasteiger partial charge in [-0.25, -0.2) is 22.8 Å². The lowest BCUT2D eigenvalue weighted by Gasteiger charge is -2.34. The standard InChI is InChI=1S/C24H26FN5O5S2/c1-2-35-21-13-26-12-19(27-21)15-3-6-18(17(25)11-15)28-22(31)24(7-9-34-10-8-24)20-14-36-23(29-20)30-37(32,33)16-4-5-16/h3,6,11-14,16H,2,4-5,7-10H2,1H3,(H,28,31)(H,29,30). The SMILES string of the molecule is CCOc1cncc(-c2ccc(NC(=O)C3(c4csc(NS(=O)(=O)C5CC5)n4)CCOCC3)c(F)c2)n1. The van der Waals surface area contributed by atoms with Gasteiger partial charge in [-0.05, 0) is 44.7 Å². The van der Waals surface area contributed by atoms with Crippen molar-refractivity contribution >= 4 is 38.1 Å². The van der Waals surface area contributed by atoms with Gasteiger partial charge in [-0.3, -0.25) is 14.5 Å². The van der Waals surface area contributed by atoms with Crippen molar-refractivity contribution in [3.05, 3.63) is 47.5 Å². The molecule has 0 bridgehead atoms. The maximum Gasteiger partial charge on any atom is 0.237 e. The largest absolute Gasteiger partial charge is 0.477 e. The van der Waals surface area contributed by atoms with Gasteiger partial charge in [-0.2, -0.15) is 0 Å². The highest BCUT2D eigenvalue weighted by atomic mass is 32.2. The van der Waals surface area contributed by atoms with E-state index in [1.165, 1.54) is 24.5 Å². The highest BCUT2D eigenvalue weighted by Crippen LogP contribution is 2.39. The molecule has 13 heteroatoms. The Morgan fingerprint density at radius 2 is 2.03 bits per heavy atom. The van der Waals surface area contributed by atoms with E-state index in [1.54, 1.807) is 11.4 Å². The van der Waals surface area contributed by atoms with E-state index in [0.29, 0.717) is 68.3 Å². The van der Waals surface area contributed by atoms with Crippen molar-refractivity contribution < 1.29 is 27.1 Å². The molecule has 1 aliphatic heterocycles. The maximum absolute atomic E-state index is 15.1. The molecule has 1 saturated carbocycles. The zero-order valence-corrected chi connectivity index (χ0v) is 21.7. The normalized spacial score (nSPS) is 17.2. The van der Waals surface area contributed by atoms with Gasteiger partial charge in [0.25, 0.3) is 0 Å². The van der Waals surface area contributed by atoms with E-state index in [-0.39, 0.29) is 10.8 Å². The molecule has 10 nitrogen and oxygen atoms in total. The van der Waals surface area contributed by atoms with Gasteiger partial charge in [-0.1, -0.05) is 6.07 Å². The second kappa shape index (κ2) is 10.3. The number of hydrogen-bond donors (Lipinski definition) is 2. The molecule has 1 aliphatic carbocycles. The number of nitrogens with one attached hydrogen (secondary N) is 2. The lowest BCUT2D eigenvalue weighted by molar-refractivity contribution is -0.125. The van der Waals surface area contributed by atoms with E-state index in [2.05, 4.69) is 25.0 Å². The first kappa shape index (κ1) is 25.5. The fraction of sp³-hybridized carbons (Fsp3) is 0.417. The van der Waals surface area contributed by atoms with Crippen LogP contribution in [0.5, 0.6) is 5.88 Å². The Hall–Kier alpha value is -3.16. The number of rotatable bonds is 9. The Morgan fingerprint density at radius 1 is 1.24 bits per heavy atom. The van der Waals surface area contributed by atoms with Crippen LogP contribution in [0, 0.1) is 5.82 Å². The predicted octanol–water partition coefficient (Wildman–Crippen LogP) is 3.73. The minimum atomic E-state index is -3.48. The van der Waals surface area contributed by atoms with Gasteiger partial charge in [0.15, 0.2) is 5.13 Å². The molecule has 1 saturated heterocycles. The van der Waals surface area contributed by atoms with Crippen LogP contribution in [0.2, 0.25) is 0 Å². The molecule has 2 fully saturated rings. The molecule has 1 amide bonds. The number of thiazole rings is 1. The van der Waals surface area contributed by atoms with E-state index in [0.717, 1.165) is 11.3 Å². The fourth-order valence-corrected chi connectivity index (χ4v) is 6.57. The highest BCUT2D eigenvalue weighted by Gasteiger charge is 2.44. The monoisotopic (exact) mass is 547 g/mol. The Kier molecular flexibility index (Phi) is 7.10. The lowest BCUT2D eigenvalue weighted by atomic mass is 9.76. The topological polar surface area (TPSA) is 132 Å². The van der Waals surface area contributed by atoms with Gasteiger partial charge in [0, 0.05) is 24.2 Å². The summed E-state index contributed by atoms with van der Waals surface area (Å²) >= 11 is 1.13. The number of carbonyl (C=O) groups excluding carboxylic acids is 1. The summed E-state index contributed by atoms with van der Waals surface area (Å²) in [4.78, 5) is 26.4. The molecule has 37 heavy (non-hydrogen) atoms. The highest BCUT2D eigenvalue weighted by molar-refractivity contribution is 7.93. The van der Waals surface area contributed by atoms with Crippen LogP contribution in [0.15, 0.2) is 36.0 Å². The minimum Gasteiger partial charge on any atom is -0.477 e. The molecule has 1 aromatic carbocycles. The number of halogens is 1. The Bertz CT molecular complexity index is 1400. The molecule has 196 valence electrons. The number of anilines is 2. The van der Waals surface area contributed by atoms with Crippen molar-refractivity contribution in [2.45, 2.75) is 43.3 Å². The zero-order chi connectivity index (χ0) is 26.0. The number of sulfonamides is 1. The van der Waals surface area contributed by atoms with Crippen LogP contribution in [-0.2, 0) is 25.0 Å². The van der Waals surface area contributed by atoms with Crippen LogP contribution < -0.4 is 14.8 Å². The number of aromatic nitrogens is 3. The molecule has 0 atom stereocenters. The summed E-state index contributed by atoms with van der Waals surface area (Å²) in [7, 11) is -3.48. The average molecular weight is 548 g/mol.